The lowest BCUT2D eigenvalue weighted by molar-refractivity contribution is -0.122. The summed E-state index contributed by atoms with van der Waals surface area (Å²) in [6.07, 6.45) is 2.22. The number of rotatable bonds is 3. The van der Waals surface area contributed by atoms with Crippen LogP contribution in [0.25, 0.3) is 0 Å². The van der Waals surface area contributed by atoms with Crippen LogP contribution in [0.15, 0.2) is 29.2 Å². The van der Waals surface area contributed by atoms with Gasteiger partial charge in [-0.15, -0.1) is 11.8 Å². The van der Waals surface area contributed by atoms with Gasteiger partial charge < -0.3 is 11.5 Å². The van der Waals surface area contributed by atoms with Gasteiger partial charge in [0.05, 0.1) is 5.54 Å². The van der Waals surface area contributed by atoms with Crippen molar-refractivity contribution in [2.45, 2.75) is 34.9 Å². The fraction of sp³-hybridized carbons (Fsp3) is 0.417. The van der Waals surface area contributed by atoms with E-state index < -0.39 is 11.4 Å². The third-order valence-corrected chi connectivity index (χ3v) is 4.59. The highest BCUT2D eigenvalue weighted by molar-refractivity contribution is 8.00. The molecule has 2 unspecified atom stereocenters. The van der Waals surface area contributed by atoms with Crippen LogP contribution in [-0.4, -0.2) is 16.7 Å². The summed E-state index contributed by atoms with van der Waals surface area (Å²) in [4.78, 5) is 12.3. The van der Waals surface area contributed by atoms with Gasteiger partial charge in [0.25, 0.3) is 0 Å². The average Bonchev–Trinajstić information content (AvgIpc) is 2.61. The average molecular weight is 271 g/mol. The van der Waals surface area contributed by atoms with Crippen molar-refractivity contribution in [3.63, 3.8) is 0 Å². The Bertz CT molecular complexity index is 440. The van der Waals surface area contributed by atoms with E-state index in [2.05, 4.69) is 0 Å². The first kappa shape index (κ1) is 12.7. The Labute approximate surface area is 110 Å². The number of hydrogen-bond acceptors (Lipinski definition) is 3. The minimum Gasteiger partial charge on any atom is -0.368 e. The quantitative estimate of drug-likeness (QED) is 0.884. The molecule has 17 heavy (non-hydrogen) atoms. The molecule has 0 aromatic heterocycles. The van der Waals surface area contributed by atoms with E-state index in [0.717, 1.165) is 16.3 Å². The van der Waals surface area contributed by atoms with Crippen LogP contribution in [0.2, 0.25) is 5.02 Å². The second-order valence-corrected chi connectivity index (χ2v) is 6.27. The molecule has 2 atom stereocenters. The highest BCUT2D eigenvalue weighted by atomic mass is 35.5. The molecule has 1 fully saturated rings. The molecule has 1 aromatic carbocycles. The van der Waals surface area contributed by atoms with Gasteiger partial charge in [-0.1, -0.05) is 17.7 Å². The Morgan fingerprint density at radius 1 is 1.53 bits per heavy atom. The summed E-state index contributed by atoms with van der Waals surface area (Å²) in [5.41, 5.74) is 10.5. The first-order valence-electron chi connectivity index (χ1n) is 5.51. The monoisotopic (exact) mass is 270 g/mol. The minimum absolute atomic E-state index is 0.339. The molecular weight excluding hydrogens is 256 g/mol. The Morgan fingerprint density at radius 2 is 2.29 bits per heavy atom. The second kappa shape index (κ2) is 4.88. The van der Waals surface area contributed by atoms with E-state index in [4.69, 9.17) is 23.1 Å². The molecule has 0 aliphatic heterocycles. The van der Waals surface area contributed by atoms with Gasteiger partial charge in [0.15, 0.2) is 0 Å². The zero-order valence-electron chi connectivity index (χ0n) is 9.36. The smallest absolute Gasteiger partial charge is 0.237 e. The van der Waals surface area contributed by atoms with E-state index >= 15 is 0 Å². The minimum atomic E-state index is -0.823. The van der Waals surface area contributed by atoms with Crippen LogP contribution >= 0.6 is 23.4 Å². The van der Waals surface area contributed by atoms with Gasteiger partial charge in [-0.3, -0.25) is 4.79 Å². The molecule has 1 aliphatic carbocycles. The molecule has 2 rings (SSSR count). The molecule has 0 bridgehead atoms. The van der Waals surface area contributed by atoms with E-state index in [1.54, 1.807) is 11.8 Å². The lowest BCUT2D eigenvalue weighted by Crippen LogP contribution is -2.50. The number of primary amides is 1. The van der Waals surface area contributed by atoms with Crippen LogP contribution in [0, 0.1) is 0 Å². The maximum Gasteiger partial charge on any atom is 0.237 e. The molecular formula is C12H15ClN2OS. The summed E-state index contributed by atoms with van der Waals surface area (Å²) < 4.78 is 0. The predicted octanol–water partition coefficient (Wildman–Crippen LogP) is 2.17. The molecule has 5 heteroatoms. The number of carbonyl (C=O) groups excluding carboxylic acids is 1. The molecule has 1 saturated carbocycles. The van der Waals surface area contributed by atoms with Crippen molar-refractivity contribution < 1.29 is 4.79 Å². The van der Waals surface area contributed by atoms with E-state index in [1.807, 2.05) is 24.3 Å². The lowest BCUT2D eigenvalue weighted by Gasteiger charge is -2.19. The van der Waals surface area contributed by atoms with Crippen molar-refractivity contribution in [2.24, 2.45) is 11.5 Å². The highest BCUT2D eigenvalue weighted by Crippen LogP contribution is 2.39. The summed E-state index contributed by atoms with van der Waals surface area (Å²) in [5, 5.41) is 1.06. The number of amides is 1. The summed E-state index contributed by atoms with van der Waals surface area (Å²) in [6, 6.07) is 7.70. The Balaban J connectivity index is 2.01. The van der Waals surface area contributed by atoms with E-state index in [-0.39, 0.29) is 0 Å². The molecule has 1 aliphatic rings. The summed E-state index contributed by atoms with van der Waals surface area (Å²) >= 11 is 7.64. The largest absolute Gasteiger partial charge is 0.368 e. The molecule has 4 N–H and O–H groups in total. The number of hydrogen-bond donors (Lipinski definition) is 2. The molecule has 0 heterocycles. The summed E-state index contributed by atoms with van der Waals surface area (Å²) in [7, 11) is 0. The Kier molecular flexibility index (Phi) is 3.66. The maximum atomic E-state index is 11.2. The van der Waals surface area contributed by atoms with Crippen LogP contribution in [0.1, 0.15) is 19.3 Å². The van der Waals surface area contributed by atoms with Gasteiger partial charge in [0, 0.05) is 15.2 Å². The maximum absolute atomic E-state index is 11.2. The van der Waals surface area contributed by atoms with Crippen LogP contribution < -0.4 is 11.5 Å². The normalized spacial score (nSPS) is 28.2. The first-order valence-corrected chi connectivity index (χ1v) is 6.76. The number of thioether (sulfide) groups is 1. The molecule has 0 radical (unpaired) electrons. The van der Waals surface area contributed by atoms with E-state index in [1.165, 1.54) is 0 Å². The highest BCUT2D eigenvalue weighted by Gasteiger charge is 2.40. The summed E-state index contributed by atoms with van der Waals surface area (Å²) in [5.74, 6) is -0.397. The zero-order chi connectivity index (χ0) is 12.5. The second-order valence-electron chi connectivity index (χ2n) is 4.46. The predicted molar refractivity (Wildman–Crippen MR) is 71.1 cm³/mol. The molecule has 3 nitrogen and oxygen atoms in total. The first-order chi connectivity index (χ1) is 7.99. The van der Waals surface area contributed by atoms with Gasteiger partial charge >= 0.3 is 0 Å². The lowest BCUT2D eigenvalue weighted by atomic mass is 9.99. The topological polar surface area (TPSA) is 69.1 Å². The third-order valence-electron chi connectivity index (χ3n) is 3.09. The van der Waals surface area contributed by atoms with Gasteiger partial charge in [0.2, 0.25) is 5.91 Å². The zero-order valence-corrected chi connectivity index (χ0v) is 10.9. The van der Waals surface area contributed by atoms with Crippen molar-refractivity contribution in [1.82, 2.24) is 0 Å². The van der Waals surface area contributed by atoms with Gasteiger partial charge in [-0.05, 0) is 37.5 Å². The molecule has 1 aromatic rings. The van der Waals surface area contributed by atoms with E-state index in [9.17, 15) is 4.79 Å². The Hall–Kier alpha value is -0.710. The van der Waals surface area contributed by atoms with Gasteiger partial charge in [-0.2, -0.15) is 0 Å². The van der Waals surface area contributed by atoms with Gasteiger partial charge in [-0.25, -0.2) is 0 Å². The van der Waals surface area contributed by atoms with Crippen LogP contribution in [0.4, 0.5) is 0 Å². The number of carbonyl (C=O) groups is 1. The van der Waals surface area contributed by atoms with Crippen molar-refractivity contribution >= 4 is 29.3 Å². The number of nitrogens with two attached hydrogens (primary N) is 2. The van der Waals surface area contributed by atoms with E-state index in [0.29, 0.717) is 18.1 Å². The van der Waals surface area contributed by atoms with Crippen molar-refractivity contribution in [2.75, 3.05) is 0 Å². The molecule has 0 saturated heterocycles. The molecule has 1 amide bonds. The fourth-order valence-electron chi connectivity index (χ4n) is 2.09. The van der Waals surface area contributed by atoms with Crippen molar-refractivity contribution in [3.8, 4) is 0 Å². The van der Waals surface area contributed by atoms with Crippen LogP contribution in [-0.2, 0) is 4.79 Å². The molecule has 92 valence electrons. The van der Waals surface area contributed by atoms with Crippen LogP contribution in [0.5, 0.6) is 0 Å². The van der Waals surface area contributed by atoms with Crippen molar-refractivity contribution in [3.05, 3.63) is 29.3 Å². The van der Waals surface area contributed by atoms with Gasteiger partial charge in [0.1, 0.15) is 0 Å². The third kappa shape index (κ3) is 2.94. The molecule has 0 spiro atoms. The number of benzene rings is 1. The number of halogens is 1. The Morgan fingerprint density at radius 3 is 2.88 bits per heavy atom. The fourth-order valence-corrected chi connectivity index (χ4v) is 3.69. The van der Waals surface area contributed by atoms with Crippen LogP contribution in [0.3, 0.4) is 0 Å². The van der Waals surface area contributed by atoms with Crippen molar-refractivity contribution in [1.29, 1.82) is 0 Å². The standard InChI is InChI=1S/C12H15ClN2OS/c13-8-2-1-3-9(6-8)17-10-4-5-12(15,7-10)11(14)16/h1-3,6,10H,4-5,7,15H2,(H2,14,16). The SMILES string of the molecule is NC(=O)C1(N)CCC(Sc2cccc(Cl)c2)C1. The summed E-state index contributed by atoms with van der Waals surface area (Å²) in [6.45, 7) is 0.